The van der Waals surface area contributed by atoms with Gasteiger partial charge in [0, 0.05) is 78.9 Å². The number of hydrogen-bond acceptors (Lipinski definition) is 11. The highest BCUT2D eigenvalue weighted by molar-refractivity contribution is 6.23. The van der Waals surface area contributed by atoms with Gasteiger partial charge in [0.25, 0.3) is 17.7 Å². The zero-order valence-corrected chi connectivity index (χ0v) is 33.6. The fourth-order valence-electron chi connectivity index (χ4n) is 9.55. The summed E-state index contributed by atoms with van der Waals surface area (Å²) < 4.78 is 12.6. The Morgan fingerprint density at radius 1 is 0.932 bits per heavy atom. The maximum absolute atomic E-state index is 13.5. The molecule has 4 aliphatic rings. The molecule has 3 fully saturated rings. The summed E-state index contributed by atoms with van der Waals surface area (Å²) in [5.41, 5.74) is 2.28. The number of nitrogens with zero attached hydrogens (tertiary/aromatic N) is 5. The van der Waals surface area contributed by atoms with Crippen LogP contribution in [0, 0.1) is 22.2 Å². The lowest BCUT2D eigenvalue weighted by Gasteiger charge is -2.63. The summed E-state index contributed by atoms with van der Waals surface area (Å²) in [5.74, 6) is -0.849. The molecule has 14 nitrogen and oxygen atoms in total. The van der Waals surface area contributed by atoms with Crippen LogP contribution in [0.5, 0.6) is 11.5 Å². The number of nitriles is 1. The van der Waals surface area contributed by atoms with E-state index in [2.05, 4.69) is 59.2 Å². The molecule has 2 saturated heterocycles. The van der Waals surface area contributed by atoms with Crippen molar-refractivity contribution in [2.75, 3.05) is 44.2 Å². The molecule has 1 saturated carbocycles. The number of fused-ring (bicyclic) bond motifs is 2. The molecular formula is C45H47N7O7. The summed E-state index contributed by atoms with van der Waals surface area (Å²) in [4.78, 5) is 73.8. The number of anilines is 1. The molecule has 14 heteroatoms. The molecule has 1 aliphatic carbocycles. The molecule has 0 radical (unpaired) electrons. The van der Waals surface area contributed by atoms with Crippen molar-refractivity contribution < 1.29 is 33.4 Å². The summed E-state index contributed by atoms with van der Waals surface area (Å²) in [6.45, 7) is 12.9. The highest BCUT2D eigenvalue weighted by Crippen LogP contribution is 2.56. The van der Waals surface area contributed by atoms with Crippen LogP contribution >= 0.6 is 0 Å². The van der Waals surface area contributed by atoms with Gasteiger partial charge in [0.2, 0.25) is 11.8 Å². The van der Waals surface area contributed by atoms with Crippen molar-refractivity contribution in [3.63, 3.8) is 0 Å². The molecule has 304 valence electrons. The van der Waals surface area contributed by atoms with Crippen molar-refractivity contribution in [1.29, 1.82) is 5.26 Å². The molecule has 0 spiro atoms. The standard InChI is InChI=1S/C45H47N7O7/c1-44(2)42(45(3,4)43(44)59-35-16-10-28(26-46)37-32(35)7-5-18-47-37)49-38(54)27-8-12-30(13-9-27)58-24-6-19-50-20-22-51(23-21-50)29-11-14-31-33(25-29)41(57)52(40(31)56)34-15-17-36(53)48-39(34)55/h5,7-14,16,18,25,34,42-43H,6,15,17,19-24H2,1-4H3,(H,49,54)(H,48,53,55)/t34?,42-,43-. The molecule has 2 N–H and O–H groups in total. The minimum atomic E-state index is -0.987. The van der Waals surface area contributed by atoms with Crippen molar-refractivity contribution in [2.45, 2.75) is 65.1 Å². The van der Waals surface area contributed by atoms with Gasteiger partial charge in [-0.3, -0.25) is 44.1 Å². The van der Waals surface area contributed by atoms with Crippen molar-refractivity contribution in [1.82, 2.24) is 25.4 Å². The van der Waals surface area contributed by atoms with Crippen LogP contribution in [0.25, 0.3) is 10.9 Å². The smallest absolute Gasteiger partial charge is 0.262 e. The molecule has 4 heterocycles. The zero-order chi connectivity index (χ0) is 41.6. The number of ether oxygens (including phenoxy) is 2. The first-order chi connectivity index (χ1) is 28.3. The summed E-state index contributed by atoms with van der Waals surface area (Å²) in [6.07, 6.45) is 2.48. The number of carbonyl (C=O) groups is 5. The fourth-order valence-corrected chi connectivity index (χ4v) is 9.55. The van der Waals surface area contributed by atoms with Crippen LogP contribution in [0.2, 0.25) is 0 Å². The largest absolute Gasteiger partial charge is 0.494 e. The van der Waals surface area contributed by atoms with Gasteiger partial charge in [0.1, 0.15) is 29.7 Å². The maximum Gasteiger partial charge on any atom is 0.262 e. The van der Waals surface area contributed by atoms with Crippen LogP contribution < -0.4 is 25.0 Å². The number of piperazine rings is 1. The third-order valence-electron chi connectivity index (χ3n) is 12.4. The van der Waals surface area contributed by atoms with Crippen LogP contribution in [0.1, 0.15) is 83.6 Å². The van der Waals surface area contributed by atoms with E-state index < -0.39 is 29.7 Å². The minimum Gasteiger partial charge on any atom is -0.494 e. The highest BCUT2D eigenvalue weighted by Gasteiger charge is 2.64. The van der Waals surface area contributed by atoms with Gasteiger partial charge < -0.3 is 19.7 Å². The molecule has 1 unspecified atom stereocenters. The number of imide groups is 2. The van der Waals surface area contributed by atoms with Gasteiger partial charge in [-0.05, 0) is 79.6 Å². The van der Waals surface area contributed by atoms with Gasteiger partial charge in [-0.25, -0.2) is 0 Å². The van der Waals surface area contributed by atoms with E-state index in [0.29, 0.717) is 34.7 Å². The van der Waals surface area contributed by atoms with Crippen molar-refractivity contribution >= 4 is 46.1 Å². The van der Waals surface area contributed by atoms with E-state index in [1.165, 1.54) is 0 Å². The maximum atomic E-state index is 13.5. The molecule has 1 aromatic heterocycles. The van der Waals surface area contributed by atoms with Crippen LogP contribution in [-0.2, 0) is 9.59 Å². The summed E-state index contributed by atoms with van der Waals surface area (Å²) in [6, 6.07) is 20.8. The van der Waals surface area contributed by atoms with E-state index in [9.17, 15) is 29.2 Å². The Morgan fingerprint density at radius 2 is 1.66 bits per heavy atom. The number of benzene rings is 3. The average Bonchev–Trinajstić information content (AvgIpc) is 3.48. The van der Waals surface area contributed by atoms with Gasteiger partial charge in [-0.2, -0.15) is 5.26 Å². The number of aromatic nitrogens is 1. The molecule has 8 rings (SSSR count). The monoisotopic (exact) mass is 797 g/mol. The number of carbonyl (C=O) groups excluding carboxylic acids is 5. The van der Waals surface area contributed by atoms with Gasteiger partial charge in [0.15, 0.2) is 0 Å². The molecule has 3 aliphatic heterocycles. The van der Waals surface area contributed by atoms with Gasteiger partial charge >= 0.3 is 0 Å². The third kappa shape index (κ3) is 7.24. The third-order valence-corrected chi connectivity index (χ3v) is 12.4. The second-order valence-electron chi connectivity index (χ2n) is 16.9. The predicted octanol–water partition coefficient (Wildman–Crippen LogP) is 4.71. The van der Waals surface area contributed by atoms with Crippen molar-refractivity contribution in [3.8, 4) is 17.6 Å². The van der Waals surface area contributed by atoms with E-state index in [4.69, 9.17) is 9.47 Å². The Bertz CT molecular complexity index is 2380. The number of piperidine rings is 1. The lowest BCUT2D eigenvalue weighted by molar-refractivity contribution is -0.163. The lowest BCUT2D eigenvalue weighted by atomic mass is 9.49. The van der Waals surface area contributed by atoms with Gasteiger partial charge in [-0.15, -0.1) is 0 Å². The lowest BCUT2D eigenvalue weighted by Crippen LogP contribution is -2.74. The van der Waals surface area contributed by atoms with Crippen LogP contribution in [0.4, 0.5) is 5.69 Å². The number of pyridine rings is 1. The molecule has 0 bridgehead atoms. The van der Waals surface area contributed by atoms with Crippen LogP contribution in [-0.4, -0.2) is 102 Å². The first kappa shape index (κ1) is 39.5. The Hall–Kier alpha value is -6.33. The SMILES string of the molecule is CC1(C)[C@H](NC(=O)c2ccc(OCCCN3CCN(c4ccc5c(c4)C(=O)N(C4CCC(=O)NC4=O)C5=O)CC3)cc2)C(C)(C)[C@H]1Oc1ccc(C#N)c2ncccc12. The number of nitrogens with one attached hydrogen (secondary N) is 2. The first-order valence-corrected chi connectivity index (χ1v) is 20.1. The average molecular weight is 798 g/mol. The van der Waals surface area contributed by atoms with Crippen molar-refractivity contribution in [3.05, 3.63) is 95.2 Å². The number of rotatable bonds is 11. The van der Waals surface area contributed by atoms with Crippen LogP contribution in [0.15, 0.2) is 72.9 Å². The van der Waals surface area contributed by atoms with E-state index in [0.717, 1.165) is 55.1 Å². The van der Waals surface area contributed by atoms with Gasteiger partial charge in [-0.1, -0.05) is 27.7 Å². The normalized spacial score (nSPS) is 22.3. The topological polar surface area (TPSA) is 174 Å². The minimum absolute atomic E-state index is 0.0803. The molecule has 4 aromatic rings. The molecule has 1 atom stereocenters. The van der Waals surface area contributed by atoms with Crippen molar-refractivity contribution in [2.24, 2.45) is 10.8 Å². The van der Waals surface area contributed by atoms with E-state index in [1.54, 1.807) is 36.5 Å². The Kier molecular flexibility index (Phi) is 10.3. The van der Waals surface area contributed by atoms with E-state index in [-0.39, 0.29) is 52.9 Å². The zero-order valence-electron chi connectivity index (χ0n) is 33.6. The van der Waals surface area contributed by atoms with Gasteiger partial charge in [0.05, 0.1) is 28.8 Å². The van der Waals surface area contributed by atoms with Crippen LogP contribution in [0.3, 0.4) is 0 Å². The van der Waals surface area contributed by atoms with E-state index >= 15 is 0 Å². The second kappa shape index (κ2) is 15.4. The molecule has 59 heavy (non-hydrogen) atoms. The summed E-state index contributed by atoms with van der Waals surface area (Å²) in [5, 5.41) is 15.8. The number of hydrogen-bond donors (Lipinski definition) is 2. The molecular weight excluding hydrogens is 751 g/mol. The van der Waals surface area contributed by atoms with E-state index in [1.807, 2.05) is 36.4 Å². The fraction of sp³-hybridized carbons (Fsp3) is 0.400. The Balaban J connectivity index is 0.782. The molecule has 3 aromatic carbocycles. The number of amides is 5. The quantitative estimate of drug-likeness (QED) is 0.159. The second-order valence-corrected chi connectivity index (χ2v) is 16.9. The predicted molar refractivity (Wildman–Crippen MR) is 218 cm³/mol. The molecule has 5 amide bonds. The highest BCUT2D eigenvalue weighted by atomic mass is 16.5. The first-order valence-electron chi connectivity index (χ1n) is 20.1. The summed E-state index contributed by atoms with van der Waals surface area (Å²) in [7, 11) is 0. The Morgan fingerprint density at radius 3 is 2.37 bits per heavy atom. The summed E-state index contributed by atoms with van der Waals surface area (Å²) >= 11 is 0. The Labute approximate surface area is 342 Å².